The van der Waals surface area contributed by atoms with Gasteiger partial charge < -0.3 is 4.74 Å². The van der Waals surface area contributed by atoms with Gasteiger partial charge in [-0.15, -0.1) is 0 Å². The van der Waals surface area contributed by atoms with E-state index in [0.717, 1.165) is 0 Å². The second-order valence-corrected chi connectivity index (χ2v) is 1.64. The van der Waals surface area contributed by atoms with Crippen molar-refractivity contribution in [3.8, 4) is 11.9 Å². The van der Waals surface area contributed by atoms with Gasteiger partial charge in [-0.25, -0.2) is 4.98 Å². The predicted molar refractivity (Wildman–Crippen MR) is 34.9 cm³/mol. The number of pyridine rings is 1. The molecule has 0 aliphatic heterocycles. The van der Waals surface area contributed by atoms with Crippen molar-refractivity contribution in [3.05, 3.63) is 31.0 Å². The first-order chi connectivity index (χ1) is 4.86. The summed E-state index contributed by atoms with van der Waals surface area (Å²) in [5.41, 5.74) is 0.515. The molecule has 1 aromatic heterocycles. The molecular formula is C7H5N2O. The van der Waals surface area contributed by atoms with Crippen molar-refractivity contribution >= 4 is 0 Å². The van der Waals surface area contributed by atoms with E-state index in [9.17, 15) is 0 Å². The van der Waals surface area contributed by atoms with Crippen molar-refractivity contribution < 1.29 is 4.74 Å². The third-order valence-corrected chi connectivity index (χ3v) is 1.01. The molecule has 1 heterocycles. The third-order valence-electron chi connectivity index (χ3n) is 1.01. The molecule has 0 amide bonds. The molecule has 0 unspecified atom stereocenters. The third kappa shape index (κ3) is 1.23. The summed E-state index contributed by atoms with van der Waals surface area (Å²) in [4.78, 5) is 3.76. The number of hydrogen-bond acceptors (Lipinski definition) is 3. The lowest BCUT2D eigenvalue weighted by molar-refractivity contribution is 0.453. The quantitative estimate of drug-likeness (QED) is 0.576. The fourth-order valence-electron chi connectivity index (χ4n) is 0.532. The molecule has 1 radical (unpaired) electrons. The summed E-state index contributed by atoms with van der Waals surface area (Å²) >= 11 is 0. The van der Waals surface area contributed by atoms with Crippen molar-refractivity contribution in [1.29, 1.82) is 5.26 Å². The van der Waals surface area contributed by atoms with Crippen molar-refractivity contribution in [3.63, 3.8) is 0 Å². The topological polar surface area (TPSA) is 45.9 Å². The van der Waals surface area contributed by atoms with Gasteiger partial charge in [0, 0.05) is 12.3 Å². The van der Waals surface area contributed by atoms with Crippen molar-refractivity contribution in [2.75, 3.05) is 0 Å². The normalized spacial score (nSPS) is 8.40. The Balaban J connectivity index is 2.93. The molecule has 0 saturated heterocycles. The molecule has 49 valence electrons. The molecule has 0 aliphatic rings. The first kappa shape index (κ1) is 6.56. The lowest BCUT2D eigenvalue weighted by Gasteiger charge is -1.94. The second kappa shape index (κ2) is 2.83. The van der Waals surface area contributed by atoms with Gasteiger partial charge in [0.1, 0.15) is 13.2 Å². The average molecular weight is 133 g/mol. The Bertz CT molecular complexity index is 247. The molecule has 0 aliphatic carbocycles. The number of nitriles is 1. The van der Waals surface area contributed by atoms with Crippen LogP contribution in [0, 0.1) is 18.4 Å². The summed E-state index contributed by atoms with van der Waals surface area (Å²) in [5.74, 6) is 0.416. The van der Waals surface area contributed by atoms with Gasteiger partial charge in [-0.1, -0.05) is 0 Å². The Labute approximate surface area is 58.9 Å². The second-order valence-electron chi connectivity index (χ2n) is 1.64. The maximum atomic E-state index is 8.35. The number of nitrogens with zero attached hydrogens (tertiary/aromatic N) is 2. The highest BCUT2D eigenvalue weighted by atomic mass is 16.5. The van der Waals surface area contributed by atoms with Crippen LogP contribution in [0.2, 0.25) is 0 Å². The van der Waals surface area contributed by atoms with Crippen LogP contribution in [0.1, 0.15) is 5.56 Å². The molecule has 0 fully saturated rings. The molecule has 10 heavy (non-hydrogen) atoms. The number of hydrogen-bond donors (Lipinski definition) is 0. The standard InChI is InChI=1S/C7H5N2O/c1-10-7-3-2-6(4-8)5-9-7/h2-3,5H,1H2. The fourth-order valence-corrected chi connectivity index (χ4v) is 0.532. The Morgan fingerprint density at radius 2 is 2.40 bits per heavy atom. The van der Waals surface area contributed by atoms with E-state index < -0.39 is 0 Å². The summed E-state index contributed by atoms with van der Waals surface area (Å²) in [5, 5.41) is 8.35. The van der Waals surface area contributed by atoms with Crippen LogP contribution in [0.15, 0.2) is 18.3 Å². The lowest BCUT2D eigenvalue weighted by Crippen LogP contribution is -1.83. The van der Waals surface area contributed by atoms with Gasteiger partial charge in [-0.2, -0.15) is 5.26 Å². The smallest absolute Gasteiger partial charge is 0.213 e. The first-order valence-corrected chi connectivity index (χ1v) is 2.65. The Hall–Kier alpha value is -1.56. The maximum absolute atomic E-state index is 8.35. The van der Waals surface area contributed by atoms with E-state index in [0.29, 0.717) is 11.4 Å². The molecule has 0 atom stereocenters. The van der Waals surface area contributed by atoms with Crippen LogP contribution in [0.4, 0.5) is 0 Å². The molecule has 0 bridgehead atoms. The lowest BCUT2D eigenvalue weighted by atomic mass is 10.3. The minimum atomic E-state index is 0.416. The number of ether oxygens (including phenoxy) is 1. The summed E-state index contributed by atoms with van der Waals surface area (Å²) in [7, 11) is 3.17. The molecule has 0 saturated carbocycles. The summed E-state index contributed by atoms with van der Waals surface area (Å²) in [6.07, 6.45) is 1.43. The highest BCUT2D eigenvalue weighted by Gasteiger charge is 1.91. The van der Waals surface area contributed by atoms with E-state index in [1.54, 1.807) is 12.1 Å². The summed E-state index contributed by atoms with van der Waals surface area (Å²) < 4.78 is 4.54. The molecular weight excluding hydrogens is 128 g/mol. The zero-order valence-electron chi connectivity index (χ0n) is 5.24. The van der Waals surface area contributed by atoms with Crippen LogP contribution in [0.3, 0.4) is 0 Å². The highest BCUT2D eigenvalue weighted by Crippen LogP contribution is 2.05. The monoisotopic (exact) mass is 133 g/mol. The molecule has 0 N–H and O–H groups in total. The Kier molecular flexibility index (Phi) is 1.86. The van der Waals surface area contributed by atoms with E-state index >= 15 is 0 Å². The van der Waals surface area contributed by atoms with Gasteiger partial charge in [-0.05, 0) is 6.07 Å². The highest BCUT2D eigenvalue weighted by molar-refractivity contribution is 5.28. The SMILES string of the molecule is [CH2]Oc1ccc(C#N)cn1. The Morgan fingerprint density at radius 1 is 1.60 bits per heavy atom. The van der Waals surface area contributed by atoms with E-state index in [-0.39, 0.29) is 0 Å². The summed E-state index contributed by atoms with van der Waals surface area (Å²) in [6.45, 7) is 0. The van der Waals surface area contributed by atoms with Crippen LogP contribution in [-0.4, -0.2) is 4.98 Å². The number of aromatic nitrogens is 1. The van der Waals surface area contributed by atoms with Gasteiger partial charge in [0.2, 0.25) is 5.88 Å². The van der Waals surface area contributed by atoms with Gasteiger partial charge in [-0.3, -0.25) is 0 Å². The van der Waals surface area contributed by atoms with E-state index in [4.69, 9.17) is 5.26 Å². The van der Waals surface area contributed by atoms with Crippen molar-refractivity contribution in [2.45, 2.75) is 0 Å². The van der Waals surface area contributed by atoms with Crippen LogP contribution in [0.25, 0.3) is 0 Å². The average Bonchev–Trinajstić information content (AvgIpc) is 2.05. The van der Waals surface area contributed by atoms with E-state index in [2.05, 4.69) is 16.8 Å². The first-order valence-electron chi connectivity index (χ1n) is 2.65. The van der Waals surface area contributed by atoms with Crippen molar-refractivity contribution in [2.24, 2.45) is 0 Å². The van der Waals surface area contributed by atoms with Crippen LogP contribution >= 0.6 is 0 Å². The largest absolute Gasteiger partial charge is 0.474 e. The zero-order chi connectivity index (χ0) is 7.40. The molecule has 1 rings (SSSR count). The van der Waals surface area contributed by atoms with Gasteiger partial charge in [0.15, 0.2) is 0 Å². The molecule has 3 heteroatoms. The Morgan fingerprint density at radius 3 is 2.80 bits per heavy atom. The minimum absolute atomic E-state index is 0.416. The van der Waals surface area contributed by atoms with E-state index in [1.807, 2.05) is 6.07 Å². The molecule has 0 spiro atoms. The predicted octanol–water partition coefficient (Wildman–Crippen LogP) is 1.12. The summed E-state index contributed by atoms with van der Waals surface area (Å²) in [6, 6.07) is 5.15. The van der Waals surface area contributed by atoms with Gasteiger partial charge in [0.05, 0.1) is 5.56 Å². The maximum Gasteiger partial charge on any atom is 0.213 e. The fraction of sp³-hybridized carbons (Fsp3) is 0. The molecule has 3 nitrogen and oxygen atoms in total. The van der Waals surface area contributed by atoms with Gasteiger partial charge in [0.25, 0.3) is 0 Å². The van der Waals surface area contributed by atoms with Crippen LogP contribution in [0.5, 0.6) is 5.88 Å². The van der Waals surface area contributed by atoms with Gasteiger partial charge >= 0.3 is 0 Å². The van der Waals surface area contributed by atoms with Crippen molar-refractivity contribution in [1.82, 2.24) is 4.98 Å². The van der Waals surface area contributed by atoms with E-state index in [1.165, 1.54) is 6.20 Å². The van der Waals surface area contributed by atoms with Crippen LogP contribution < -0.4 is 4.74 Å². The number of rotatable bonds is 1. The molecule has 0 aromatic carbocycles. The van der Waals surface area contributed by atoms with Crippen LogP contribution in [-0.2, 0) is 0 Å². The molecule has 1 aromatic rings. The zero-order valence-corrected chi connectivity index (χ0v) is 5.24. The minimum Gasteiger partial charge on any atom is -0.474 e.